The highest BCUT2D eigenvalue weighted by Gasteiger charge is 2.29. The van der Waals surface area contributed by atoms with Gasteiger partial charge in [0.15, 0.2) is 0 Å². The third-order valence-electron chi connectivity index (χ3n) is 2.85. The first-order valence-corrected chi connectivity index (χ1v) is 5.72. The van der Waals surface area contributed by atoms with Crippen LogP contribution >= 0.6 is 11.6 Å². The minimum atomic E-state index is 0.0487. The fourth-order valence-electron chi connectivity index (χ4n) is 1.92. The number of nitrogens with zero attached hydrogens (tertiary/aromatic N) is 1. The monoisotopic (exact) mass is 217 g/mol. The van der Waals surface area contributed by atoms with Crippen LogP contribution in [-0.2, 0) is 4.74 Å². The van der Waals surface area contributed by atoms with Gasteiger partial charge in [-0.1, -0.05) is 12.2 Å². The number of hydrogen-bond acceptors (Lipinski definition) is 2. The molecule has 1 unspecified atom stereocenters. The van der Waals surface area contributed by atoms with Gasteiger partial charge in [0, 0.05) is 26.1 Å². The minimum absolute atomic E-state index is 0.0487. The second kappa shape index (κ2) is 5.74. The van der Waals surface area contributed by atoms with Crippen molar-refractivity contribution in [2.75, 3.05) is 32.6 Å². The molecule has 14 heavy (non-hydrogen) atoms. The molecule has 1 atom stereocenters. The molecule has 0 bridgehead atoms. The van der Waals surface area contributed by atoms with Crippen LogP contribution in [0.1, 0.15) is 19.8 Å². The molecule has 0 aromatic rings. The maximum atomic E-state index is 5.57. The van der Waals surface area contributed by atoms with Crippen LogP contribution in [0.15, 0.2) is 12.2 Å². The van der Waals surface area contributed by atoms with Crippen LogP contribution < -0.4 is 0 Å². The lowest BCUT2D eigenvalue weighted by Gasteiger charge is -2.39. The standard InChI is InChI=1S/C11H20ClNO/c1-11(14-2)6-5-9-13(10-11)8-4-3-7-12/h3-4H,5-10H2,1-2H3/b4-3+. The van der Waals surface area contributed by atoms with E-state index < -0.39 is 0 Å². The lowest BCUT2D eigenvalue weighted by molar-refractivity contribution is -0.0478. The Kier molecular flexibility index (Phi) is 4.93. The highest BCUT2D eigenvalue weighted by molar-refractivity contribution is 6.18. The Morgan fingerprint density at radius 3 is 2.93 bits per heavy atom. The molecular weight excluding hydrogens is 198 g/mol. The Morgan fingerprint density at radius 2 is 2.29 bits per heavy atom. The number of piperidine rings is 1. The first kappa shape index (κ1) is 12.0. The molecule has 0 aromatic carbocycles. The number of ether oxygens (including phenoxy) is 1. The molecule has 0 aromatic heterocycles. The third-order valence-corrected chi connectivity index (χ3v) is 3.03. The van der Waals surface area contributed by atoms with Crippen molar-refractivity contribution in [3.63, 3.8) is 0 Å². The zero-order chi connectivity index (χ0) is 10.4. The number of allylic oxidation sites excluding steroid dienone is 1. The first-order valence-electron chi connectivity index (χ1n) is 5.19. The summed E-state index contributed by atoms with van der Waals surface area (Å²) in [5, 5.41) is 0. The van der Waals surface area contributed by atoms with Crippen molar-refractivity contribution >= 4 is 11.6 Å². The van der Waals surface area contributed by atoms with E-state index in [0.717, 1.165) is 13.1 Å². The van der Waals surface area contributed by atoms with Gasteiger partial charge in [0.2, 0.25) is 0 Å². The summed E-state index contributed by atoms with van der Waals surface area (Å²) in [6, 6.07) is 0. The van der Waals surface area contributed by atoms with E-state index in [1.54, 1.807) is 7.11 Å². The lowest BCUT2D eigenvalue weighted by atomic mass is 9.95. The molecule has 0 amide bonds. The molecular formula is C11H20ClNO. The Morgan fingerprint density at radius 1 is 1.50 bits per heavy atom. The molecule has 2 nitrogen and oxygen atoms in total. The summed E-state index contributed by atoms with van der Waals surface area (Å²) >= 11 is 5.57. The molecule has 82 valence electrons. The van der Waals surface area contributed by atoms with E-state index in [1.165, 1.54) is 19.4 Å². The second-order valence-corrected chi connectivity index (χ2v) is 4.43. The van der Waals surface area contributed by atoms with Crippen molar-refractivity contribution in [2.45, 2.75) is 25.4 Å². The maximum absolute atomic E-state index is 5.57. The lowest BCUT2D eigenvalue weighted by Crippen LogP contribution is -2.47. The van der Waals surface area contributed by atoms with E-state index in [9.17, 15) is 0 Å². The van der Waals surface area contributed by atoms with Gasteiger partial charge in [0.1, 0.15) is 0 Å². The molecule has 0 saturated carbocycles. The fourth-order valence-corrected chi connectivity index (χ4v) is 2.04. The van der Waals surface area contributed by atoms with Gasteiger partial charge in [0.25, 0.3) is 0 Å². The van der Waals surface area contributed by atoms with Crippen LogP contribution in [0, 0.1) is 0 Å². The molecule has 3 heteroatoms. The quantitative estimate of drug-likeness (QED) is 0.529. The van der Waals surface area contributed by atoms with E-state index >= 15 is 0 Å². The van der Waals surface area contributed by atoms with Crippen LogP contribution in [0.4, 0.5) is 0 Å². The fraction of sp³-hybridized carbons (Fsp3) is 0.818. The van der Waals surface area contributed by atoms with Crippen LogP contribution in [0.3, 0.4) is 0 Å². The molecule has 0 radical (unpaired) electrons. The average Bonchev–Trinajstić information content (AvgIpc) is 2.19. The van der Waals surface area contributed by atoms with E-state index in [4.69, 9.17) is 16.3 Å². The first-order chi connectivity index (χ1) is 6.70. The molecule has 1 saturated heterocycles. The number of methoxy groups -OCH3 is 1. The highest BCUT2D eigenvalue weighted by atomic mass is 35.5. The van der Waals surface area contributed by atoms with Gasteiger partial charge in [-0.3, -0.25) is 4.90 Å². The second-order valence-electron chi connectivity index (χ2n) is 4.12. The third kappa shape index (κ3) is 3.60. The number of halogens is 1. The number of likely N-dealkylation sites (tertiary alicyclic amines) is 1. The minimum Gasteiger partial charge on any atom is -0.377 e. The van der Waals surface area contributed by atoms with Crippen molar-refractivity contribution < 1.29 is 4.74 Å². The predicted octanol–water partition coefficient (Wildman–Crippen LogP) is 2.28. The van der Waals surface area contributed by atoms with Crippen molar-refractivity contribution in [3.8, 4) is 0 Å². The molecule has 0 aliphatic carbocycles. The van der Waals surface area contributed by atoms with Crippen LogP contribution in [0.2, 0.25) is 0 Å². The summed E-state index contributed by atoms with van der Waals surface area (Å²) in [4.78, 5) is 2.41. The summed E-state index contributed by atoms with van der Waals surface area (Å²) in [6.07, 6.45) is 6.52. The van der Waals surface area contributed by atoms with Crippen LogP contribution in [0.25, 0.3) is 0 Å². The summed E-state index contributed by atoms with van der Waals surface area (Å²) < 4.78 is 5.52. The Hall–Kier alpha value is -0.0500. The molecule has 1 heterocycles. The largest absolute Gasteiger partial charge is 0.377 e. The molecule has 1 aliphatic heterocycles. The topological polar surface area (TPSA) is 12.5 Å². The Labute approximate surface area is 91.9 Å². The van der Waals surface area contributed by atoms with Crippen LogP contribution in [0.5, 0.6) is 0 Å². The predicted molar refractivity (Wildman–Crippen MR) is 60.9 cm³/mol. The van der Waals surface area contributed by atoms with Gasteiger partial charge in [0.05, 0.1) is 5.60 Å². The van der Waals surface area contributed by atoms with E-state index in [-0.39, 0.29) is 5.60 Å². The Balaban J connectivity index is 2.36. The van der Waals surface area contributed by atoms with Gasteiger partial charge in [-0.2, -0.15) is 0 Å². The van der Waals surface area contributed by atoms with Gasteiger partial charge in [-0.15, -0.1) is 11.6 Å². The molecule has 1 aliphatic rings. The Bertz CT molecular complexity index is 196. The van der Waals surface area contributed by atoms with E-state index in [1.807, 2.05) is 6.08 Å². The molecule has 1 rings (SSSR count). The van der Waals surface area contributed by atoms with Gasteiger partial charge in [-0.05, 0) is 26.3 Å². The summed E-state index contributed by atoms with van der Waals surface area (Å²) in [5.41, 5.74) is 0.0487. The van der Waals surface area contributed by atoms with Crippen molar-refractivity contribution in [1.82, 2.24) is 4.90 Å². The van der Waals surface area contributed by atoms with E-state index in [2.05, 4.69) is 17.9 Å². The number of hydrogen-bond donors (Lipinski definition) is 0. The smallest absolute Gasteiger partial charge is 0.0777 e. The van der Waals surface area contributed by atoms with Gasteiger partial charge < -0.3 is 4.74 Å². The average molecular weight is 218 g/mol. The van der Waals surface area contributed by atoms with Gasteiger partial charge >= 0.3 is 0 Å². The van der Waals surface area contributed by atoms with Crippen molar-refractivity contribution in [2.24, 2.45) is 0 Å². The van der Waals surface area contributed by atoms with E-state index in [0.29, 0.717) is 5.88 Å². The highest BCUT2D eigenvalue weighted by Crippen LogP contribution is 2.23. The van der Waals surface area contributed by atoms with Crippen molar-refractivity contribution in [3.05, 3.63) is 12.2 Å². The van der Waals surface area contributed by atoms with Crippen molar-refractivity contribution in [1.29, 1.82) is 0 Å². The molecule has 0 spiro atoms. The number of alkyl halides is 1. The molecule has 1 fully saturated rings. The normalized spacial score (nSPS) is 29.9. The molecule has 0 N–H and O–H groups in total. The summed E-state index contributed by atoms with van der Waals surface area (Å²) in [5.74, 6) is 0.607. The zero-order valence-electron chi connectivity index (χ0n) is 9.13. The zero-order valence-corrected chi connectivity index (χ0v) is 9.89. The van der Waals surface area contributed by atoms with Crippen LogP contribution in [-0.4, -0.2) is 43.1 Å². The number of rotatable bonds is 4. The van der Waals surface area contributed by atoms with Gasteiger partial charge in [-0.25, -0.2) is 0 Å². The SMILES string of the molecule is COC1(C)CCCN(C/C=C/CCl)C1. The summed E-state index contributed by atoms with van der Waals surface area (Å²) in [7, 11) is 1.80. The summed E-state index contributed by atoms with van der Waals surface area (Å²) in [6.45, 7) is 5.37. The maximum Gasteiger partial charge on any atom is 0.0777 e.